The summed E-state index contributed by atoms with van der Waals surface area (Å²) in [5.41, 5.74) is 0.525. The summed E-state index contributed by atoms with van der Waals surface area (Å²) < 4.78 is 31.4. The van der Waals surface area contributed by atoms with Gasteiger partial charge in [0.1, 0.15) is 23.4 Å². The second-order valence-electron chi connectivity index (χ2n) is 8.46. The Kier molecular flexibility index (Phi) is 5.49. The summed E-state index contributed by atoms with van der Waals surface area (Å²) >= 11 is 0. The zero-order chi connectivity index (χ0) is 24.0. The molecule has 9 nitrogen and oxygen atoms in total. The lowest BCUT2D eigenvalue weighted by Crippen LogP contribution is -2.39. The number of β-amino-alcohol motifs (C(OH)–C–C–N with tert-alkyl or cyclic N) is 1. The fourth-order valence-electron chi connectivity index (χ4n) is 4.59. The number of carbonyl (C=O) groups excluding carboxylic acids is 3. The molecule has 0 aromatic heterocycles. The molecule has 0 bridgehead atoms. The van der Waals surface area contributed by atoms with Crippen molar-refractivity contribution in [2.24, 2.45) is 11.8 Å². The lowest BCUT2D eigenvalue weighted by atomic mass is 9.85. The van der Waals surface area contributed by atoms with E-state index in [9.17, 15) is 27.9 Å². The highest BCUT2D eigenvalue weighted by atomic mass is 32.2. The van der Waals surface area contributed by atoms with Gasteiger partial charge in [-0.1, -0.05) is 24.3 Å². The Bertz CT molecular complexity index is 1280. The second kappa shape index (κ2) is 8.37. The molecule has 3 aliphatic rings. The maximum atomic E-state index is 12.7. The molecule has 2 aromatic carbocycles. The summed E-state index contributed by atoms with van der Waals surface area (Å²) in [6.45, 7) is -0.700. The number of anilines is 1. The number of sulfonamides is 1. The van der Waals surface area contributed by atoms with Crippen LogP contribution in [0.2, 0.25) is 0 Å². The van der Waals surface area contributed by atoms with Crippen LogP contribution in [0.25, 0.3) is 0 Å². The third-order valence-corrected chi connectivity index (χ3v) is 8.14. The number of hydrogen-bond acceptors (Lipinski definition) is 7. The number of aliphatic hydroxyl groups is 1. The molecular weight excluding hydrogens is 460 g/mol. The van der Waals surface area contributed by atoms with Crippen LogP contribution in [0, 0.1) is 11.8 Å². The molecule has 0 radical (unpaired) electrons. The van der Waals surface area contributed by atoms with E-state index >= 15 is 0 Å². The van der Waals surface area contributed by atoms with Gasteiger partial charge in [0, 0.05) is 0 Å². The van der Waals surface area contributed by atoms with Gasteiger partial charge in [-0.15, -0.1) is 0 Å². The summed E-state index contributed by atoms with van der Waals surface area (Å²) in [6.07, 6.45) is 3.72. The normalized spacial score (nSPS) is 23.7. The van der Waals surface area contributed by atoms with Gasteiger partial charge in [-0.05, 0) is 49.2 Å². The zero-order valence-electron chi connectivity index (χ0n) is 18.0. The zero-order valence-corrected chi connectivity index (χ0v) is 18.8. The lowest BCUT2D eigenvalue weighted by molar-refractivity contribution is -0.122. The minimum absolute atomic E-state index is 0.0767. The highest BCUT2D eigenvalue weighted by molar-refractivity contribution is 7.90. The molecular formula is C24H22N2O7S. The first-order valence-corrected chi connectivity index (χ1v) is 12.3. The first-order valence-electron chi connectivity index (χ1n) is 10.9. The minimum atomic E-state index is -4.01. The summed E-state index contributed by atoms with van der Waals surface area (Å²) in [5, 5.41) is 10.3. The molecule has 34 heavy (non-hydrogen) atoms. The quantitative estimate of drug-likeness (QED) is 0.492. The smallest absolute Gasteiger partial charge is 0.269 e. The summed E-state index contributed by atoms with van der Waals surface area (Å²) in [4.78, 5) is 39.0. The Hall–Kier alpha value is -3.50. The number of benzene rings is 2. The van der Waals surface area contributed by atoms with Crippen LogP contribution in [0.3, 0.4) is 0 Å². The highest BCUT2D eigenvalue weighted by Crippen LogP contribution is 2.38. The van der Waals surface area contributed by atoms with Gasteiger partial charge < -0.3 is 9.84 Å². The number of aliphatic hydroxyl groups excluding tert-OH is 1. The van der Waals surface area contributed by atoms with E-state index < -0.39 is 28.6 Å². The van der Waals surface area contributed by atoms with Crippen LogP contribution in [0.4, 0.5) is 5.69 Å². The van der Waals surface area contributed by atoms with Gasteiger partial charge in [0.05, 0.1) is 29.6 Å². The first-order chi connectivity index (χ1) is 16.3. The van der Waals surface area contributed by atoms with E-state index in [0.29, 0.717) is 28.6 Å². The molecule has 0 saturated carbocycles. The van der Waals surface area contributed by atoms with Crippen LogP contribution in [0.1, 0.15) is 23.2 Å². The van der Waals surface area contributed by atoms with Crippen LogP contribution < -0.4 is 9.64 Å². The Morgan fingerprint density at radius 3 is 2.18 bits per heavy atom. The van der Waals surface area contributed by atoms with Crippen LogP contribution in [-0.2, 0) is 19.6 Å². The third kappa shape index (κ3) is 3.59. The van der Waals surface area contributed by atoms with Crippen molar-refractivity contribution in [1.29, 1.82) is 0 Å². The fraction of sp³-hybridized carbons (Fsp3) is 0.292. The van der Waals surface area contributed by atoms with Gasteiger partial charge in [-0.3, -0.25) is 19.3 Å². The van der Waals surface area contributed by atoms with E-state index in [1.54, 1.807) is 30.3 Å². The lowest BCUT2D eigenvalue weighted by Gasteiger charge is -2.20. The molecule has 1 fully saturated rings. The van der Waals surface area contributed by atoms with E-state index in [1.807, 2.05) is 12.2 Å². The van der Waals surface area contributed by atoms with Crippen LogP contribution in [-0.4, -0.2) is 54.8 Å². The number of hydrogen-bond donors (Lipinski definition) is 1. The van der Waals surface area contributed by atoms with Crippen LogP contribution >= 0.6 is 0 Å². The molecule has 2 heterocycles. The van der Waals surface area contributed by atoms with Crippen molar-refractivity contribution < 1.29 is 32.6 Å². The molecule has 0 unspecified atom stereocenters. The summed E-state index contributed by atoms with van der Waals surface area (Å²) in [5.74, 6) is -1.38. The largest absolute Gasteiger partial charge is 0.491 e. The van der Waals surface area contributed by atoms with Gasteiger partial charge in [0.15, 0.2) is 0 Å². The van der Waals surface area contributed by atoms with Crippen molar-refractivity contribution in [2.75, 3.05) is 18.1 Å². The molecule has 10 heteroatoms. The average molecular weight is 483 g/mol. The second-order valence-corrected chi connectivity index (χ2v) is 10.3. The Balaban J connectivity index is 1.21. The van der Waals surface area contributed by atoms with Crippen molar-refractivity contribution in [2.45, 2.75) is 23.8 Å². The van der Waals surface area contributed by atoms with Crippen molar-refractivity contribution in [1.82, 2.24) is 4.31 Å². The topological polar surface area (TPSA) is 121 Å². The number of allylic oxidation sites excluding steroid dienone is 2. The van der Waals surface area contributed by atoms with Crippen molar-refractivity contribution in [3.63, 3.8) is 0 Å². The predicted octanol–water partition coefficient (Wildman–Crippen LogP) is 1.73. The standard InChI is InChI=1S/C24H22N2O7S/c27-16(13-25-22(28)20-7-3-4-8-21(20)34(25,31)32)14-33-17-11-9-15(10-12-17)26-23(29)18-5-1-2-6-19(18)24(26)30/h1-4,7-12,16,18-19,27H,5-6,13-14H2/t16-,18-,19+/m1/s1. The molecule has 3 amide bonds. The van der Waals surface area contributed by atoms with E-state index in [0.717, 1.165) is 0 Å². The van der Waals surface area contributed by atoms with E-state index in [4.69, 9.17) is 4.74 Å². The number of rotatable bonds is 6. The van der Waals surface area contributed by atoms with Gasteiger partial charge in [-0.25, -0.2) is 12.7 Å². The molecule has 0 spiro atoms. The summed E-state index contributed by atoms with van der Waals surface area (Å²) in [7, 11) is -4.01. The molecule has 2 aliphatic heterocycles. The molecule has 1 aliphatic carbocycles. The van der Waals surface area contributed by atoms with Gasteiger partial charge >= 0.3 is 0 Å². The molecule has 1 saturated heterocycles. The predicted molar refractivity (Wildman–Crippen MR) is 120 cm³/mol. The number of amides is 3. The Morgan fingerprint density at radius 1 is 0.941 bits per heavy atom. The Morgan fingerprint density at radius 2 is 1.56 bits per heavy atom. The van der Waals surface area contributed by atoms with Crippen LogP contribution in [0.15, 0.2) is 65.6 Å². The monoisotopic (exact) mass is 482 g/mol. The molecule has 2 aromatic rings. The molecule has 176 valence electrons. The van der Waals surface area contributed by atoms with Crippen LogP contribution in [0.5, 0.6) is 5.75 Å². The van der Waals surface area contributed by atoms with E-state index in [1.165, 1.54) is 23.1 Å². The number of imide groups is 1. The third-order valence-electron chi connectivity index (χ3n) is 6.33. The number of nitrogens with zero attached hydrogens (tertiary/aromatic N) is 2. The van der Waals surface area contributed by atoms with Gasteiger partial charge in [0.2, 0.25) is 11.8 Å². The summed E-state index contributed by atoms with van der Waals surface area (Å²) in [6, 6.07) is 12.2. The average Bonchev–Trinajstić information content (AvgIpc) is 3.21. The number of carbonyl (C=O) groups is 3. The Labute approximate surface area is 196 Å². The van der Waals surface area contributed by atoms with E-state index in [2.05, 4.69) is 0 Å². The maximum absolute atomic E-state index is 12.7. The van der Waals surface area contributed by atoms with Gasteiger partial charge in [0.25, 0.3) is 15.9 Å². The van der Waals surface area contributed by atoms with Crippen molar-refractivity contribution >= 4 is 33.4 Å². The molecule has 5 rings (SSSR count). The highest BCUT2D eigenvalue weighted by Gasteiger charge is 2.47. The van der Waals surface area contributed by atoms with Crippen molar-refractivity contribution in [3.05, 3.63) is 66.2 Å². The van der Waals surface area contributed by atoms with Gasteiger partial charge in [-0.2, -0.15) is 0 Å². The van der Waals surface area contributed by atoms with Crippen molar-refractivity contribution in [3.8, 4) is 5.75 Å². The minimum Gasteiger partial charge on any atom is -0.491 e. The fourth-order valence-corrected chi connectivity index (χ4v) is 6.20. The maximum Gasteiger partial charge on any atom is 0.269 e. The molecule has 1 N–H and O–H groups in total. The number of ether oxygens (including phenoxy) is 1. The molecule has 3 atom stereocenters. The number of fused-ring (bicyclic) bond motifs is 2. The van der Waals surface area contributed by atoms with E-state index in [-0.39, 0.29) is 40.7 Å². The SMILES string of the molecule is O=C1[C@H]2CC=CC[C@H]2C(=O)N1c1ccc(OC[C@H](O)CN2C(=O)c3ccccc3S2(=O)=O)cc1. The first kappa shape index (κ1) is 22.3.